The molecular formula is C28H25N5O6. The number of carbonyl (C=O) groups is 3. The molecule has 0 aliphatic carbocycles. The third kappa shape index (κ3) is 7.52. The van der Waals surface area contributed by atoms with E-state index in [4.69, 9.17) is 9.47 Å². The maximum Gasteiger partial charge on any atom is 0.337 e. The van der Waals surface area contributed by atoms with Gasteiger partial charge in [-0.25, -0.2) is 9.48 Å². The summed E-state index contributed by atoms with van der Waals surface area (Å²) >= 11 is 0. The molecule has 3 N–H and O–H groups in total. The standard InChI is InChI=1S/C28H25N5O6/c1-38-25-15-19(12-14-26(34)30-23-10-6-5-9-22(23)28(36)37)11-13-24(25)39-18-21-16-33(32-31-21)17-27(35)29-20-7-3-2-4-8-20/h2-16H,17-18H2,1H3,(H,29,35)(H,30,34)(H,36,37). The minimum absolute atomic E-state index is 0.00170. The molecule has 0 saturated carbocycles. The first-order valence-corrected chi connectivity index (χ1v) is 11.8. The Morgan fingerprint density at radius 1 is 0.974 bits per heavy atom. The van der Waals surface area contributed by atoms with Crippen molar-refractivity contribution in [2.24, 2.45) is 0 Å². The summed E-state index contributed by atoms with van der Waals surface area (Å²) in [6.07, 6.45) is 4.48. The van der Waals surface area contributed by atoms with Crippen LogP contribution >= 0.6 is 0 Å². The topological polar surface area (TPSA) is 145 Å². The molecule has 1 aromatic heterocycles. The number of rotatable bonds is 11. The van der Waals surface area contributed by atoms with E-state index in [-0.39, 0.29) is 30.3 Å². The van der Waals surface area contributed by atoms with Gasteiger partial charge in [-0.05, 0) is 48.0 Å². The highest BCUT2D eigenvalue weighted by molar-refractivity contribution is 6.06. The number of carboxylic acids is 1. The lowest BCUT2D eigenvalue weighted by Gasteiger charge is -2.10. The molecular weight excluding hydrogens is 502 g/mol. The highest BCUT2D eigenvalue weighted by Gasteiger charge is 2.12. The van der Waals surface area contributed by atoms with Crippen molar-refractivity contribution in [3.05, 3.63) is 102 Å². The van der Waals surface area contributed by atoms with Crippen molar-refractivity contribution in [1.82, 2.24) is 15.0 Å². The lowest BCUT2D eigenvalue weighted by molar-refractivity contribution is -0.117. The van der Waals surface area contributed by atoms with Crippen LogP contribution in [-0.2, 0) is 22.7 Å². The van der Waals surface area contributed by atoms with Crippen molar-refractivity contribution >= 4 is 35.2 Å². The first-order valence-electron chi connectivity index (χ1n) is 11.8. The molecule has 11 nitrogen and oxygen atoms in total. The molecule has 11 heteroatoms. The van der Waals surface area contributed by atoms with E-state index in [0.29, 0.717) is 28.4 Å². The summed E-state index contributed by atoms with van der Waals surface area (Å²) in [5.74, 6) is -0.965. The van der Waals surface area contributed by atoms with Crippen LogP contribution in [0.1, 0.15) is 21.6 Å². The number of carbonyl (C=O) groups excluding carboxylic acids is 2. The van der Waals surface area contributed by atoms with E-state index < -0.39 is 11.9 Å². The molecule has 0 radical (unpaired) electrons. The predicted octanol–water partition coefficient (Wildman–Crippen LogP) is 3.85. The maximum atomic E-state index is 12.3. The number of aromatic nitrogens is 3. The number of amides is 2. The van der Waals surface area contributed by atoms with Crippen molar-refractivity contribution in [2.75, 3.05) is 17.7 Å². The van der Waals surface area contributed by atoms with Gasteiger partial charge in [0.05, 0.1) is 24.6 Å². The van der Waals surface area contributed by atoms with Gasteiger partial charge in [0, 0.05) is 11.8 Å². The van der Waals surface area contributed by atoms with Gasteiger partial charge in [-0.3, -0.25) is 9.59 Å². The monoisotopic (exact) mass is 527 g/mol. The molecule has 0 spiro atoms. The summed E-state index contributed by atoms with van der Waals surface area (Å²) in [5, 5.41) is 22.6. The minimum Gasteiger partial charge on any atom is -0.493 e. The van der Waals surface area contributed by atoms with Gasteiger partial charge in [-0.2, -0.15) is 0 Å². The zero-order chi connectivity index (χ0) is 27.6. The van der Waals surface area contributed by atoms with E-state index in [2.05, 4.69) is 20.9 Å². The largest absolute Gasteiger partial charge is 0.493 e. The smallest absolute Gasteiger partial charge is 0.337 e. The van der Waals surface area contributed by atoms with Crippen LogP contribution in [0.25, 0.3) is 6.08 Å². The Balaban J connectivity index is 1.32. The zero-order valence-corrected chi connectivity index (χ0v) is 20.9. The number of nitrogens with zero attached hydrogens (tertiary/aromatic N) is 3. The van der Waals surface area contributed by atoms with Crippen molar-refractivity contribution in [3.63, 3.8) is 0 Å². The number of hydrogen-bond acceptors (Lipinski definition) is 7. The lowest BCUT2D eigenvalue weighted by Crippen LogP contribution is -2.19. The Hall–Kier alpha value is -5.45. The molecule has 0 saturated heterocycles. The number of nitrogens with one attached hydrogen (secondary N) is 2. The Morgan fingerprint density at radius 2 is 1.74 bits per heavy atom. The third-order valence-corrected chi connectivity index (χ3v) is 5.35. The second-order valence-electron chi connectivity index (χ2n) is 8.19. The number of benzene rings is 3. The van der Waals surface area contributed by atoms with Crippen molar-refractivity contribution in [1.29, 1.82) is 0 Å². The molecule has 0 aliphatic rings. The molecule has 39 heavy (non-hydrogen) atoms. The number of aromatic carboxylic acids is 1. The van der Waals surface area contributed by atoms with Crippen LogP contribution in [0, 0.1) is 0 Å². The van der Waals surface area contributed by atoms with Crippen LogP contribution in [-0.4, -0.2) is 45.0 Å². The van der Waals surface area contributed by atoms with E-state index >= 15 is 0 Å². The zero-order valence-electron chi connectivity index (χ0n) is 20.9. The first-order chi connectivity index (χ1) is 18.9. The van der Waals surface area contributed by atoms with Crippen LogP contribution in [0.5, 0.6) is 11.5 Å². The fourth-order valence-corrected chi connectivity index (χ4v) is 3.53. The van der Waals surface area contributed by atoms with E-state index in [0.717, 1.165) is 0 Å². The second-order valence-corrected chi connectivity index (χ2v) is 8.19. The van der Waals surface area contributed by atoms with E-state index in [9.17, 15) is 19.5 Å². The second kappa shape index (κ2) is 12.7. The normalized spacial score (nSPS) is 10.7. The van der Waals surface area contributed by atoms with Crippen LogP contribution in [0.2, 0.25) is 0 Å². The Bertz CT molecular complexity index is 1500. The highest BCUT2D eigenvalue weighted by Crippen LogP contribution is 2.29. The van der Waals surface area contributed by atoms with Gasteiger partial charge >= 0.3 is 5.97 Å². The maximum absolute atomic E-state index is 12.3. The fourth-order valence-electron chi connectivity index (χ4n) is 3.53. The van der Waals surface area contributed by atoms with Gasteiger partial charge in [0.25, 0.3) is 0 Å². The Kier molecular flexibility index (Phi) is 8.65. The number of para-hydroxylation sites is 2. The summed E-state index contributed by atoms with van der Waals surface area (Å²) in [7, 11) is 1.49. The third-order valence-electron chi connectivity index (χ3n) is 5.35. The molecule has 1 heterocycles. The van der Waals surface area contributed by atoms with Crippen LogP contribution in [0.4, 0.5) is 11.4 Å². The summed E-state index contributed by atoms with van der Waals surface area (Å²) in [4.78, 5) is 35.8. The molecule has 0 atom stereocenters. The molecule has 4 rings (SSSR count). The summed E-state index contributed by atoms with van der Waals surface area (Å²) in [6.45, 7) is 0.0962. The average Bonchev–Trinajstić information content (AvgIpc) is 3.38. The molecule has 0 bridgehead atoms. The van der Waals surface area contributed by atoms with Crippen LogP contribution in [0.3, 0.4) is 0 Å². The van der Waals surface area contributed by atoms with Crippen molar-refractivity contribution < 1.29 is 29.0 Å². The highest BCUT2D eigenvalue weighted by atomic mass is 16.5. The van der Waals surface area contributed by atoms with Gasteiger partial charge in [0.2, 0.25) is 11.8 Å². The molecule has 0 aliphatic heterocycles. The lowest BCUT2D eigenvalue weighted by atomic mass is 10.1. The van der Waals surface area contributed by atoms with Crippen molar-refractivity contribution in [2.45, 2.75) is 13.2 Å². The van der Waals surface area contributed by atoms with Crippen LogP contribution in [0.15, 0.2) is 85.1 Å². The number of methoxy groups -OCH3 is 1. The summed E-state index contributed by atoms with van der Waals surface area (Å²) in [5.41, 5.74) is 2.08. The number of hydrogen-bond donors (Lipinski definition) is 3. The summed E-state index contributed by atoms with van der Waals surface area (Å²) < 4.78 is 12.7. The van der Waals surface area contributed by atoms with E-state index in [1.807, 2.05) is 18.2 Å². The predicted molar refractivity (Wildman–Crippen MR) is 143 cm³/mol. The van der Waals surface area contributed by atoms with Gasteiger partial charge in [0.15, 0.2) is 11.5 Å². The minimum atomic E-state index is -1.13. The van der Waals surface area contributed by atoms with Crippen molar-refractivity contribution in [3.8, 4) is 11.5 Å². The molecule has 2 amide bonds. The van der Waals surface area contributed by atoms with Crippen LogP contribution < -0.4 is 20.1 Å². The molecule has 0 unspecified atom stereocenters. The van der Waals surface area contributed by atoms with E-state index in [1.165, 1.54) is 30.0 Å². The number of ether oxygens (including phenoxy) is 2. The average molecular weight is 528 g/mol. The number of carboxylic acid groups (broad SMARTS) is 1. The van der Waals surface area contributed by atoms with Gasteiger partial charge < -0.3 is 25.2 Å². The molecule has 0 fully saturated rings. The SMILES string of the molecule is COc1cc(C=CC(=O)Nc2ccccc2C(=O)O)ccc1OCc1cn(CC(=O)Nc2ccccc2)nn1. The Labute approximate surface area is 223 Å². The fraction of sp³-hybridized carbons (Fsp3) is 0.107. The Morgan fingerprint density at radius 3 is 2.51 bits per heavy atom. The molecule has 3 aromatic carbocycles. The molecule has 198 valence electrons. The van der Waals surface area contributed by atoms with Gasteiger partial charge in [0.1, 0.15) is 18.8 Å². The quantitative estimate of drug-likeness (QED) is 0.250. The summed E-state index contributed by atoms with van der Waals surface area (Å²) in [6, 6.07) is 20.4. The molecule has 4 aromatic rings. The van der Waals surface area contributed by atoms with E-state index in [1.54, 1.807) is 54.7 Å². The van der Waals surface area contributed by atoms with Gasteiger partial charge in [-0.1, -0.05) is 41.6 Å². The number of anilines is 2. The first kappa shape index (κ1) is 26.6. The van der Waals surface area contributed by atoms with Gasteiger partial charge in [-0.15, -0.1) is 5.10 Å².